The zero-order chi connectivity index (χ0) is 45.1. The number of nitrogens with zero attached hydrogens (tertiary/aromatic N) is 3. The molecule has 5 aromatic rings. The van der Waals surface area contributed by atoms with Gasteiger partial charge < -0.3 is 30.4 Å². The predicted octanol–water partition coefficient (Wildman–Crippen LogP) is 5.94. The fraction of sp³-hybridized carbons (Fsp3) is 0.396. The molecule has 1 unspecified atom stereocenters. The Morgan fingerprint density at radius 2 is 1.76 bits per heavy atom. The summed E-state index contributed by atoms with van der Waals surface area (Å²) < 4.78 is 6.00. The highest BCUT2D eigenvalue weighted by molar-refractivity contribution is 7.13. The van der Waals surface area contributed by atoms with Crippen molar-refractivity contribution in [3.05, 3.63) is 119 Å². The molecule has 15 heteroatoms. The molecule has 4 amide bonds. The molecule has 1 aliphatic heterocycles. The van der Waals surface area contributed by atoms with Crippen LogP contribution in [0.15, 0.2) is 90.6 Å². The molecular formula is C48H59N7O7S. The van der Waals surface area contributed by atoms with E-state index in [9.17, 15) is 24.3 Å². The van der Waals surface area contributed by atoms with Gasteiger partial charge in [-0.2, -0.15) is 0 Å². The van der Waals surface area contributed by atoms with Crippen molar-refractivity contribution >= 4 is 51.9 Å². The Bertz CT molecular complexity index is 2350. The highest BCUT2D eigenvalue weighted by Gasteiger charge is 2.44. The number of amides is 4. The number of carbonyl (C=O) groups excluding carboxylic acids is 4. The van der Waals surface area contributed by atoms with Crippen LogP contribution in [0, 0.1) is 12.3 Å². The third kappa shape index (κ3) is 12.7. The summed E-state index contributed by atoms with van der Waals surface area (Å²) in [6, 6.07) is 21.8. The molecule has 3 heterocycles. The molecular weight excluding hydrogens is 819 g/mol. The van der Waals surface area contributed by atoms with E-state index in [1.165, 1.54) is 21.9 Å². The molecule has 6 rings (SSSR count). The second-order valence-electron chi connectivity index (χ2n) is 17.2. The molecule has 0 aliphatic carbocycles. The monoisotopic (exact) mass is 877 g/mol. The molecule has 63 heavy (non-hydrogen) atoms. The zero-order valence-corrected chi connectivity index (χ0v) is 37.4. The lowest BCUT2D eigenvalue weighted by atomic mass is 9.85. The van der Waals surface area contributed by atoms with Crippen LogP contribution in [0.5, 0.6) is 0 Å². The molecule has 3 aromatic carbocycles. The number of para-hydroxylation sites is 1. The van der Waals surface area contributed by atoms with Gasteiger partial charge in [-0.05, 0) is 65.6 Å². The quantitative estimate of drug-likeness (QED) is 0.0253. The standard InChI is InChI=1S/C48H59N7O7S/c1-31(35-15-17-36(18-16-35)44-32(2)50-30-63-44)51-46(59)41-26-38(56)29-55(41)47(60)45(48(3,4)5)52-42(57)21-24-62-25-23-54(22-20-37-27-49-40-9-7-6-8-39(37)40)28-34-12-10-33(11-13-34)14-19-43(58)53-61/h6-19,27,30-31,38,41,45,49,56,61H,20-26,28-29H2,1-5H3,(H,51,59)(H,52,57)(H,53,58)/b19-14+/t31-,38+,41?,45+/m0/s1. The van der Waals surface area contributed by atoms with Crippen LogP contribution >= 0.6 is 11.3 Å². The van der Waals surface area contributed by atoms with Crippen molar-refractivity contribution in [1.29, 1.82) is 0 Å². The Morgan fingerprint density at radius 1 is 1.02 bits per heavy atom. The molecule has 1 aliphatic rings. The number of aromatic nitrogens is 2. The number of H-pyrrole nitrogens is 1. The third-order valence-corrected chi connectivity index (χ3v) is 12.4. The average molecular weight is 878 g/mol. The number of ether oxygens (including phenoxy) is 1. The second kappa shape index (κ2) is 21.6. The first-order valence-electron chi connectivity index (χ1n) is 21.3. The van der Waals surface area contributed by atoms with Crippen molar-refractivity contribution < 1.29 is 34.2 Å². The van der Waals surface area contributed by atoms with E-state index >= 15 is 0 Å². The number of rotatable bonds is 19. The SMILES string of the molecule is Cc1ncsc1-c1ccc([C@H](C)NC(=O)C2C[C@@H](O)CN2C(=O)[C@@H](NC(=O)CCOCCN(CCc2c[nH]c3ccccc23)Cc2ccc(/C=C/C(=O)NO)cc2)C(C)(C)C)cc1. The van der Waals surface area contributed by atoms with E-state index in [1.807, 2.05) is 107 Å². The van der Waals surface area contributed by atoms with Crippen LogP contribution in [0.1, 0.15) is 74.5 Å². The second-order valence-corrected chi connectivity index (χ2v) is 18.0. The number of hydrogen-bond acceptors (Lipinski definition) is 10. The lowest BCUT2D eigenvalue weighted by Crippen LogP contribution is -2.58. The smallest absolute Gasteiger partial charge is 0.267 e. The van der Waals surface area contributed by atoms with Crippen molar-refractivity contribution in [3.63, 3.8) is 0 Å². The number of benzene rings is 3. The van der Waals surface area contributed by atoms with Gasteiger partial charge in [-0.25, -0.2) is 10.5 Å². The first kappa shape index (κ1) is 46.8. The molecule has 2 aromatic heterocycles. The normalized spacial score (nSPS) is 16.4. The summed E-state index contributed by atoms with van der Waals surface area (Å²) in [5.41, 5.74) is 9.82. The average Bonchev–Trinajstić information content (AvgIpc) is 4.01. The summed E-state index contributed by atoms with van der Waals surface area (Å²) in [5, 5.41) is 26.6. The number of aryl methyl sites for hydroxylation is 1. The molecule has 6 N–H and O–H groups in total. The third-order valence-electron chi connectivity index (χ3n) is 11.4. The van der Waals surface area contributed by atoms with Gasteiger partial charge in [0.1, 0.15) is 12.1 Å². The summed E-state index contributed by atoms with van der Waals surface area (Å²) >= 11 is 1.58. The number of hydroxylamine groups is 1. The van der Waals surface area contributed by atoms with Crippen LogP contribution in [0.2, 0.25) is 0 Å². The van der Waals surface area contributed by atoms with Crippen LogP contribution < -0.4 is 16.1 Å². The maximum absolute atomic E-state index is 14.2. The van der Waals surface area contributed by atoms with Crippen LogP contribution in [-0.4, -0.2) is 105 Å². The van der Waals surface area contributed by atoms with Crippen LogP contribution in [0.4, 0.5) is 0 Å². The fourth-order valence-corrected chi connectivity index (χ4v) is 8.61. The lowest BCUT2D eigenvalue weighted by molar-refractivity contribution is -0.144. The number of hydrogen-bond donors (Lipinski definition) is 6. The van der Waals surface area contributed by atoms with Crippen molar-refractivity contribution in [2.75, 3.05) is 32.8 Å². The zero-order valence-electron chi connectivity index (χ0n) is 36.6. The van der Waals surface area contributed by atoms with E-state index in [0.29, 0.717) is 19.7 Å². The van der Waals surface area contributed by atoms with Crippen LogP contribution in [0.3, 0.4) is 0 Å². The topological polar surface area (TPSA) is 189 Å². The summed E-state index contributed by atoms with van der Waals surface area (Å²) in [6.45, 7) is 11.9. The van der Waals surface area contributed by atoms with Gasteiger partial charge >= 0.3 is 0 Å². The Balaban J connectivity index is 1.01. The molecule has 0 radical (unpaired) electrons. The van der Waals surface area contributed by atoms with E-state index in [4.69, 9.17) is 9.94 Å². The Labute approximate surface area is 372 Å². The first-order chi connectivity index (χ1) is 30.2. The van der Waals surface area contributed by atoms with E-state index in [-0.39, 0.29) is 43.8 Å². The van der Waals surface area contributed by atoms with Gasteiger partial charge in [0, 0.05) is 62.2 Å². The van der Waals surface area contributed by atoms with E-state index < -0.39 is 35.4 Å². The molecule has 0 saturated carbocycles. The summed E-state index contributed by atoms with van der Waals surface area (Å²) in [4.78, 5) is 65.1. The summed E-state index contributed by atoms with van der Waals surface area (Å²) in [5.74, 6) is -1.74. The van der Waals surface area contributed by atoms with Crippen LogP contribution in [-0.2, 0) is 36.9 Å². The Kier molecular flexibility index (Phi) is 16.0. The van der Waals surface area contributed by atoms with Gasteiger partial charge in [0.2, 0.25) is 17.7 Å². The number of β-amino-alcohol motifs (C(OH)–C–C–N with tert-alkyl or cyclic N) is 1. The van der Waals surface area contributed by atoms with Crippen molar-refractivity contribution in [2.45, 2.75) is 84.7 Å². The van der Waals surface area contributed by atoms with Crippen molar-refractivity contribution in [3.8, 4) is 10.4 Å². The first-order valence-corrected chi connectivity index (χ1v) is 22.2. The Morgan fingerprint density at radius 3 is 2.46 bits per heavy atom. The van der Waals surface area contributed by atoms with E-state index in [2.05, 4.69) is 37.6 Å². The largest absolute Gasteiger partial charge is 0.391 e. The van der Waals surface area contributed by atoms with Gasteiger partial charge in [0.25, 0.3) is 5.91 Å². The predicted molar refractivity (Wildman–Crippen MR) is 244 cm³/mol. The molecule has 334 valence electrons. The molecule has 14 nitrogen and oxygen atoms in total. The van der Waals surface area contributed by atoms with Crippen LogP contribution in [0.25, 0.3) is 27.4 Å². The minimum atomic E-state index is -0.945. The number of thiazole rings is 1. The minimum Gasteiger partial charge on any atom is -0.391 e. The van der Waals surface area contributed by atoms with Gasteiger partial charge in [-0.15, -0.1) is 11.3 Å². The highest BCUT2D eigenvalue weighted by atomic mass is 32.1. The molecule has 1 fully saturated rings. The molecule has 1 saturated heterocycles. The molecule has 0 bridgehead atoms. The Hall–Kier alpha value is -5.71. The number of nitrogens with one attached hydrogen (secondary N) is 4. The maximum Gasteiger partial charge on any atom is 0.267 e. The maximum atomic E-state index is 14.2. The summed E-state index contributed by atoms with van der Waals surface area (Å²) in [7, 11) is 0. The lowest BCUT2D eigenvalue weighted by Gasteiger charge is -2.35. The van der Waals surface area contributed by atoms with Crippen molar-refractivity contribution in [1.82, 2.24) is 35.9 Å². The minimum absolute atomic E-state index is 0.0128. The number of aliphatic hydroxyl groups is 1. The number of aliphatic hydroxyl groups excluding tert-OH is 1. The fourth-order valence-electron chi connectivity index (χ4n) is 7.80. The number of likely N-dealkylation sites (tertiary alicyclic amines) is 1. The number of carbonyl (C=O) groups is 4. The van der Waals surface area contributed by atoms with E-state index in [1.54, 1.807) is 22.9 Å². The van der Waals surface area contributed by atoms with Crippen molar-refractivity contribution in [2.24, 2.45) is 5.41 Å². The number of aromatic amines is 1. The van der Waals surface area contributed by atoms with Gasteiger partial charge in [-0.3, -0.25) is 29.3 Å². The van der Waals surface area contributed by atoms with Gasteiger partial charge in [0.05, 0.1) is 41.4 Å². The summed E-state index contributed by atoms with van der Waals surface area (Å²) in [6.07, 6.45) is 4.98. The van der Waals surface area contributed by atoms with E-state index in [0.717, 1.165) is 51.3 Å². The molecule has 0 spiro atoms. The number of fused-ring (bicyclic) bond motifs is 1. The molecule has 4 atom stereocenters. The van der Waals surface area contributed by atoms with Gasteiger partial charge in [0.15, 0.2) is 0 Å². The highest BCUT2D eigenvalue weighted by Crippen LogP contribution is 2.30. The van der Waals surface area contributed by atoms with Gasteiger partial charge in [-0.1, -0.05) is 87.5 Å².